The second-order valence-electron chi connectivity index (χ2n) is 7.08. The number of amides is 1. The maximum Gasteiger partial charge on any atom is 0.407 e. The monoisotopic (exact) mass is 376 g/mol. The SMILES string of the molecule is CC(C)(C)OC(=O)NCCC#Cc1ccc(C#N)c(OCc2ccccc2)c1. The molecular weight excluding hydrogens is 352 g/mol. The molecule has 2 aromatic carbocycles. The van der Waals surface area contributed by atoms with Crippen molar-refractivity contribution in [2.75, 3.05) is 6.54 Å². The van der Waals surface area contributed by atoms with Gasteiger partial charge >= 0.3 is 6.09 Å². The van der Waals surface area contributed by atoms with Gasteiger partial charge in [0.15, 0.2) is 0 Å². The molecule has 0 aromatic heterocycles. The van der Waals surface area contributed by atoms with Gasteiger partial charge in [-0.05, 0) is 44.5 Å². The van der Waals surface area contributed by atoms with E-state index in [9.17, 15) is 10.1 Å². The minimum Gasteiger partial charge on any atom is -0.487 e. The number of nitrogens with zero attached hydrogens (tertiary/aromatic N) is 1. The van der Waals surface area contributed by atoms with Crippen molar-refractivity contribution in [1.29, 1.82) is 5.26 Å². The number of benzene rings is 2. The fraction of sp³-hybridized carbons (Fsp3) is 0.304. The normalized spacial score (nSPS) is 10.2. The third kappa shape index (κ3) is 7.43. The highest BCUT2D eigenvalue weighted by molar-refractivity contribution is 5.67. The molecule has 0 spiro atoms. The average molecular weight is 376 g/mol. The van der Waals surface area contributed by atoms with Crippen LogP contribution >= 0.6 is 0 Å². The molecular formula is C23H24N2O3. The fourth-order valence-electron chi connectivity index (χ4n) is 2.25. The van der Waals surface area contributed by atoms with Crippen LogP contribution in [-0.2, 0) is 11.3 Å². The number of nitriles is 1. The van der Waals surface area contributed by atoms with Crippen LogP contribution < -0.4 is 10.1 Å². The Hall–Kier alpha value is -3.44. The molecule has 0 atom stereocenters. The zero-order valence-electron chi connectivity index (χ0n) is 16.4. The van der Waals surface area contributed by atoms with Gasteiger partial charge in [0.2, 0.25) is 0 Å². The third-order valence-electron chi connectivity index (χ3n) is 3.49. The minimum absolute atomic E-state index is 0.381. The maximum absolute atomic E-state index is 11.6. The van der Waals surface area contributed by atoms with Gasteiger partial charge < -0.3 is 14.8 Å². The summed E-state index contributed by atoms with van der Waals surface area (Å²) >= 11 is 0. The highest BCUT2D eigenvalue weighted by atomic mass is 16.6. The van der Waals surface area contributed by atoms with Gasteiger partial charge in [-0.15, -0.1) is 0 Å². The van der Waals surface area contributed by atoms with Gasteiger partial charge in [-0.3, -0.25) is 0 Å². The topological polar surface area (TPSA) is 71.3 Å². The van der Waals surface area contributed by atoms with E-state index in [2.05, 4.69) is 23.2 Å². The lowest BCUT2D eigenvalue weighted by Gasteiger charge is -2.19. The van der Waals surface area contributed by atoms with Crippen LogP contribution in [0.3, 0.4) is 0 Å². The lowest BCUT2D eigenvalue weighted by Crippen LogP contribution is -2.32. The fourth-order valence-corrected chi connectivity index (χ4v) is 2.25. The molecule has 0 unspecified atom stereocenters. The quantitative estimate of drug-likeness (QED) is 0.620. The molecule has 5 nitrogen and oxygen atoms in total. The zero-order chi connectivity index (χ0) is 20.4. The van der Waals surface area contributed by atoms with E-state index in [0.29, 0.717) is 30.9 Å². The van der Waals surface area contributed by atoms with Crippen molar-refractivity contribution in [3.8, 4) is 23.7 Å². The van der Waals surface area contributed by atoms with Gasteiger partial charge in [0, 0.05) is 18.5 Å². The van der Waals surface area contributed by atoms with Gasteiger partial charge in [0.25, 0.3) is 0 Å². The second kappa shape index (κ2) is 10.0. The molecule has 0 fully saturated rings. The van der Waals surface area contributed by atoms with E-state index in [-0.39, 0.29) is 0 Å². The molecule has 2 aromatic rings. The van der Waals surface area contributed by atoms with Crippen LogP contribution in [0.5, 0.6) is 5.75 Å². The average Bonchev–Trinajstić information content (AvgIpc) is 2.65. The Bertz CT molecular complexity index is 897. The van der Waals surface area contributed by atoms with E-state index in [1.165, 1.54) is 0 Å². The van der Waals surface area contributed by atoms with Crippen LogP contribution in [0.4, 0.5) is 4.79 Å². The molecule has 1 amide bonds. The Labute approximate surface area is 166 Å². The van der Waals surface area contributed by atoms with Gasteiger partial charge in [-0.2, -0.15) is 5.26 Å². The number of ether oxygens (including phenoxy) is 2. The standard InChI is InChI=1S/C23H24N2O3/c1-23(2,3)28-22(26)25-14-8-7-9-18-12-13-20(16-24)21(15-18)27-17-19-10-5-4-6-11-19/h4-6,10-13,15H,8,14,17H2,1-3H3,(H,25,26). The molecule has 144 valence electrons. The largest absolute Gasteiger partial charge is 0.487 e. The molecule has 0 heterocycles. The summed E-state index contributed by atoms with van der Waals surface area (Å²) in [5.74, 6) is 6.53. The second-order valence-corrected chi connectivity index (χ2v) is 7.08. The molecule has 0 bridgehead atoms. The number of rotatable bonds is 5. The smallest absolute Gasteiger partial charge is 0.407 e. The Balaban J connectivity index is 1.91. The highest BCUT2D eigenvalue weighted by Gasteiger charge is 2.15. The van der Waals surface area contributed by atoms with Crippen LogP contribution in [0.15, 0.2) is 48.5 Å². The molecule has 0 aliphatic rings. The van der Waals surface area contributed by atoms with E-state index in [1.807, 2.05) is 51.1 Å². The number of hydrogen-bond acceptors (Lipinski definition) is 4. The molecule has 5 heteroatoms. The number of alkyl carbamates (subject to hydrolysis) is 1. The summed E-state index contributed by atoms with van der Waals surface area (Å²) in [5.41, 5.74) is 1.72. The third-order valence-corrected chi connectivity index (χ3v) is 3.49. The Morgan fingerprint density at radius 2 is 1.89 bits per heavy atom. The van der Waals surface area contributed by atoms with Crippen LogP contribution in [0.2, 0.25) is 0 Å². The van der Waals surface area contributed by atoms with Crippen molar-refractivity contribution in [1.82, 2.24) is 5.32 Å². The number of carbonyl (C=O) groups excluding carboxylic acids is 1. The van der Waals surface area contributed by atoms with E-state index >= 15 is 0 Å². The lowest BCUT2D eigenvalue weighted by atomic mass is 10.1. The van der Waals surface area contributed by atoms with Crippen LogP contribution in [0.25, 0.3) is 0 Å². The Morgan fingerprint density at radius 3 is 2.57 bits per heavy atom. The minimum atomic E-state index is -0.519. The van der Waals surface area contributed by atoms with Crippen molar-refractivity contribution in [3.63, 3.8) is 0 Å². The van der Waals surface area contributed by atoms with Crippen LogP contribution in [0.1, 0.15) is 43.9 Å². The molecule has 2 rings (SSSR count). The predicted molar refractivity (Wildman–Crippen MR) is 108 cm³/mol. The van der Waals surface area contributed by atoms with E-state index in [4.69, 9.17) is 9.47 Å². The Morgan fingerprint density at radius 1 is 1.14 bits per heavy atom. The first-order chi connectivity index (χ1) is 13.4. The summed E-state index contributed by atoms with van der Waals surface area (Å²) in [4.78, 5) is 11.6. The molecule has 0 radical (unpaired) electrons. The van der Waals surface area contributed by atoms with Crippen molar-refractivity contribution < 1.29 is 14.3 Å². The van der Waals surface area contributed by atoms with Crippen molar-refractivity contribution in [2.24, 2.45) is 0 Å². The lowest BCUT2D eigenvalue weighted by molar-refractivity contribution is 0.0529. The molecule has 28 heavy (non-hydrogen) atoms. The summed E-state index contributed by atoms with van der Waals surface area (Å²) in [6.07, 6.45) is 0.0312. The van der Waals surface area contributed by atoms with Gasteiger partial charge in [0.1, 0.15) is 24.0 Å². The van der Waals surface area contributed by atoms with Gasteiger partial charge in [-0.25, -0.2) is 4.79 Å². The van der Waals surface area contributed by atoms with Crippen LogP contribution in [0, 0.1) is 23.2 Å². The zero-order valence-corrected chi connectivity index (χ0v) is 16.4. The number of nitrogens with one attached hydrogen (secondary N) is 1. The maximum atomic E-state index is 11.6. The van der Waals surface area contributed by atoms with E-state index in [0.717, 1.165) is 11.1 Å². The van der Waals surface area contributed by atoms with Crippen molar-refractivity contribution >= 4 is 6.09 Å². The molecule has 0 saturated carbocycles. The molecule has 0 aliphatic heterocycles. The first-order valence-electron chi connectivity index (χ1n) is 9.04. The summed E-state index contributed by atoms with van der Waals surface area (Å²) < 4.78 is 11.0. The summed E-state index contributed by atoms with van der Waals surface area (Å²) in [6, 6.07) is 17.1. The molecule has 1 N–H and O–H groups in total. The predicted octanol–water partition coefficient (Wildman–Crippen LogP) is 4.40. The number of hydrogen-bond donors (Lipinski definition) is 1. The van der Waals surface area contributed by atoms with Gasteiger partial charge in [-0.1, -0.05) is 42.2 Å². The summed E-state index contributed by atoms with van der Waals surface area (Å²) in [6.45, 7) is 6.22. The van der Waals surface area contributed by atoms with Crippen LogP contribution in [-0.4, -0.2) is 18.2 Å². The molecule has 0 aliphatic carbocycles. The van der Waals surface area contributed by atoms with Crippen molar-refractivity contribution in [2.45, 2.75) is 39.4 Å². The highest BCUT2D eigenvalue weighted by Crippen LogP contribution is 2.20. The first-order valence-corrected chi connectivity index (χ1v) is 9.04. The first kappa shape index (κ1) is 20.9. The van der Waals surface area contributed by atoms with E-state index < -0.39 is 11.7 Å². The van der Waals surface area contributed by atoms with Gasteiger partial charge in [0.05, 0.1) is 5.56 Å². The Kier molecular flexibility index (Phi) is 7.48. The number of carbonyl (C=O) groups is 1. The van der Waals surface area contributed by atoms with Crippen molar-refractivity contribution in [3.05, 3.63) is 65.2 Å². The molecule has 0 saturated heterocycles. The summed E-state index contributed by atoms with van der Waals surface area (Å²) in [5, 5.41) is 11.9. The summed E-state index contributed by atoms with van der Waals surface area (Å²) in [7, 11) is 0. The van der Waals surface area contributed by atoms with E-state index in [1.54, 1.807) is 18.2 Å².